The minimum absolute atomic E-state index is 0.0450. The van der Waals surface area contributed by atoms with Gasteiger partial charge in [-0.2, -0.15) is 4.98 Å². The number of aryl methyl sites for hydroxylation is 1. The van der Waals surface area contributed by atoms with Crippen LogP contribution in [0.3, 0.4) is 0 Å². The fourth-order valence-corrected chi connectivity index (χ4v) is 5.63. The van der Waals surface area contributed by atoms with Gasteiger partial charge >= 0.3 is 0 Å². The molecule has 4 heterocycles. The van der Waals surface area contributed by atoms with Crippen LogP contribution in [-0.2, 0) is 17.6 Å². The van der Waals surface area contributed by atoms with Crippen LogP contribution in [0, 0.1) is 0 Å². The molecule has 2 aromatic rings. The van der Waals surface area contributed by atoms with Crippen molar-refractivity contribution in [1.29, 1.82) is 0 Å². The number of amides is 1. The highest BCUT2D eigenvalue weighted by Gasteiger charge is 2.39. The summed E-state index contributed by atoms with van der Waals surface area (Å²) in [6.07, 6.45) is 8.49. The number of carbonyl (C=O) groups is 1. The Morgan fingerprint density at radius 1 is 1.11 bits per heavy atom. The maximum absolute atomic E-state index is 13.4. The van der Waals surface area contributed by atoms with E-state index in [-0.39, 0.29) is 11.9 Å². The lowest BCUT2D eigenvalue weighted by Crippen LogP contribution is -2.53. The third-order valence-electron chi connectivity index (χ3n) is 7.73. The molecule has 0 bridgehead atoms. The van der Waals surface area contributed by atoms with Crippen molar-refractivity contribution in [3.63, 3.8) is 0 Å². The molecule has 3 unspecified atom stereocenters. The first-order valence-corrected chi connectivity index (χ1v) is 13.5. The molecular formula is C26H40N8O2. The highest BCUT2D eigenvalue weighted by Crippen LogP contribution is 2.32. The van der Waals surface area contributed by atoms with Crippen LogP contribution in [0.15, 0.2) is 12.5 Å². The predicted octanol–water partition coefficient (Wildman–Crippen LogP) is 2.41. The van der Waals surface area contributed by atoms with E-state index in [9.17, 15) is 9.90 Å². The van der Waals surface area contributed by atoms with E-state index in [1.807, 2.05) is 22.0 Å². The molecule has 5 rings (SSSR count). The molecule has 0 radical (unpaired) electrons. The van der Waals surface area contributed by atoms with Gasteiger partial charge in [0.2, 0.25) is 11.9 Å². The summed E-state index contributed by atoms with van der Waals surface area (Å²) in [6, 6.07) is 0.429. The van der Waals surface area contributed by atoms with Crippen LogP contribution in [0.4, 0.5) is 17.6 Å². The third kappa shape index (κ3) is 5.20. The topological polar surface area (TPSA) is 111 Å². The second-order valence-electron chi connectivity index (χ2n) is 11.1. The Labute approximate surface area is 213 Å². The molecule has 2 fully saturated rings. The Morgan fingerprint density at radius 3 is 2.69 bits per heavy atom. The molecule has 36 heavy (non-hydrogen) atoms. The average molecular weight is 497 g/mol. The number of nitrogens with zero attached hydrogens (tertiary/aromatic N) is 6. The highest BCUT2D eigenvalue weighted by atomic mass is 16.3. The van der Waals surface area contributed by atoms with Gasteiger partial charge in [-0.05, 0) is 66.3 Å². The van der Waals surface area contributed by atoms with E-state index in [0.29, 0.717) is 31.0 Å². The summed E-state index contributed by atoms with van der Waals surface area (Å²) in [5.74, 6) is 1.95. The van der Waals surface area contributed by atoms with Gasteiger partial charge in [-0.1, -0.05) is 0 Å². The van der Waals surface area contributed by atoms with Crippen molar-refractivity contribution in [2.45, 2.75) is 96.5 Å². The summed E-state index contributed by atoms with van der Waals surface area (Å²) < 4.78 is 2.05. The van der Waals surface area contributed by atoms with E-state index in [1.54, 1.807) is 0 Å². The van der Waals surface area contributed by atoms with Crippen molar-refractivity contribution in [2.24, 2.45) is 0 Å². The first-order chi connectivity index (χ1) is 17.3. The minimum Gasteiger partial charge on any atom is -0.391 e. The Kier molecular flexibility index (Phi) is 7.16. The summed E-state index contributed by atoms with van der Waals surface area (Å²) in [7, 11) is 0. The van der Waals surface area contributed by atoms with Crippen molar-refractivity contribution >= 4 is 23.5 Å². The molecule has 2 aliphatic heterocycles. The van der Waals surface area contributed by atoms with Crippen LogP contribution in [0.25, 0.3) is 0 Å². The maximum Gasteiger partial charge on any atom is 0.243 e. The number of aliphatic hydroxyl groups excluding tert-OH is 1. The minimum atomic E-state index is -0.589. The van der Waals surface area contributed by atoms with Crippen molar-refractivity contribution in [2.75, 3.05) is 29.9 Å². The van der Waals surface area contributed by atoms with Gasteiger partial charge < -0.3 is 25.2 Å². The molecule has 2 saturated heterocycles. The van der Waals surface area contributed by atoms with Gasteiger partial charge in [0.25, 0.3) is 0 Å². The van der Waals surface area contributed by atoms with Crippen LogP contribution in [0.5, 0.6) is 0 Å². The first kappa shape index (κ1) is 25.0. The van der Waals surface area contributed by atoms with Crippen LogP contribution < -0.4 is 15.5 Å². The van der Waals surface area contributed by atoms with Gasteiger partial charge in [-0.25, -0.2) is 9.97 Å². The zero-order valence-corrected chi connectivity index (χ0v) is 21.9. The van der Waals surface area contributed by atoms with Crippen LogP contribution in [0.1, 0.15) is 70.7 Å². The maximum atomic E-state index is 13.4. The van der Waals surface area contributed by atoms with E-state index in [2.05, 4.69) is 48.2 Å². The zero-order valence-electron chi connectivity index (χ0n) is 21.9. The second-order valence-corrected chi connectivity index (χ2v) is 11.1. The summed E-state index contributed by atoms with van der Waals surface area (Å²) >= 11 is 0. The van der Waals surface area contributed by atoms with E-state index >= 15 is 0 Å². The molecule has 3 atom stereocenters. The standard InChI is InChI=1S/C26H40N8O2/c1-16(2)32-10-6-7-18(12-32)28-25(36)22-11-19(35)13-34(22)26-29-21-9-5-8-20(21)24(31-26)30-23-14-33(15-27-23)17(3)4/h14-19,22,35H,5-13H2,1-4H3,(H,28,36)(H,29,30,31). The molecule has 196 valence electrons. The van der Waals surface area contributed by atoms with Gasteiger partial charge in [0, 0.05) is 49.4 Å². The normalized spacial score (nSPS) is 24.5. The number of aromatic nitrogens is 4. The van der Waals surface area contributed by atoms with Gasteiger partial charge in [-0.3, -0.25) is 9.69 Å². The van der Waals surface area contributed by atoms with E-state index in [0.717, 1.165) is 68.1 Å². The quantitative estimate of drug-likeness (QED) is 0.536. The fourth-order valence-electron chi connectivity index (χ4n) is 5.63. The molecule has 0 spiro atoms. The number of hydrogen-bond donors (Lipinski definition) is 3. The second kappa shape index (κ2) is 10.3. The fraction of sp³-hybridized carbons (Fsp3) is 0.692. The van der Waals surface area contributed by atoms with Crippen molar-refractivity contribution in [1.82, 2.24) is 29.7 Å². The number of rotatable bonds is 7. The lowest BCUT2D eigenvalue weighted by atomic mass is 10.0. The van der Waals surface area contributed by atoms with Gasteiger partial charge in [0.05, 0.1) is 18.1 Å². The first-order valence-electron chi connectivity index (χ1n) is 13.5. The van der Waals surface area contributed by atoms with Gasteiger partial charge in [0.1, 0.15) is 17.7 Å². The van der Waals surface area contributed by atoms with Crippen LogP contribution >= 0.6 is 0 Å². The van der Waals surface area contributed by atoms with Gasteiger partial charge in [-0.15, -0.1) is 0 Å². The van der Waals surface area contributed by atoms with Crippen molar-refractivity contribution in [3.05, 3.63) is 23.8 Å². The summed E-state index contributed by atoms with van der Waals surface area (Å²) in [5, 5.41) is 17.2. The Hall–Kier alpha value is -2.72. The number of likely N-dealkylation sites (tertiary alicyclic amines) is 1. The number of piperidine rings is 1. The number of imidazole rings is 1. The van der Waals surface area contributed by atoms with Crippen LogP contribution in [0.2, 0.25) is 0 Å². The summed E-state index contributed by atoms with van der Waals surface area (Å²) in [4.78, 5) is 32.0. The molecule has 1 aliphatic carbocycles. The SMILES string of the molecule is CC(C)N1CCCC(NC(=O)C2CC(O)CN2c2nc3c(c(Nc4cn(C(C)C)cn4)n2)CCC3)C1. The highest BCUT2D eigenvalue weighted by molar-refractivity contribution is 5.86. The molecule has 10 heteroatoms. The zero-order chi connectivity index (χ0) is 25.4. The molecule has 2 aromatic heterocycles. The van der Waals surface area contributed by atoms with E-state index < -0.39 is 12.1 Å². The predicted molar refractivity (Wildman–Crippen MR) is 140 cm³/mol. The van der Waals surface area contributed by atoms with Crippen LogP contribution in [-0.4, -0.2) is 79.3 Å². The van der Waals surface area contributed by atoms with Gasteiger partial charge in [0.15, 0.2) is 0 Å². The molecular weight excluding hydrogens is 456 g/mol. The van der Waals surface area contributed by atoms with E-state index in [4.69, 9.17) is 9.97 Å². The lowest BCUT2D eigenvalue weighted by molar-refractivity contribution is -0.123. The number of anilines is 3. The Balaban J connectivity index is 1.36. The number of aliphatic hydroxyl groups is 1. The molecule has 3 N–H and O–H groups in total. The third-order valence-corrected chi connectivity index (χ3v) is 7.73. The monoisotopic (exact) mass is 496 g/mol. The van der Waals surface area contributed by atoms with Crippen molar-refractivity contribution in [3.8, 4) is 0 Å². The number of hydrogen-bond acceptors (Lipinski definition) is 8. The Morgan fingerprint density at radius 2 is 1.94 bits per heavy atom. The Bertz CT molecular complexity index is 1080. The molecule has 1 amide bonds. The number of carbonyl (C=O) groups excluding carboxylic acids is 1. The molecule has 0 aromatic carbocycles. The summed E-state index contributed by atoms with van der Waals surface area (Å²) in [6.45, 7) is 10.9. The number of β-amino-alcohol motifs (C(OH)–C–C–N with tert-alkyl or cyclic N) is 1. The summed E-state index contributed by atoms with van der Waals surface area (Å²) in [5.41, 5.74) is 2.14. The molecule has 3 aliphatic rings. The van der Waals surface area contributed by atoms with Crippen molar-refractivity contribution < 1.29 is 9.90 Å². The average Bonchev–Trinajstić information content (AvgIpc) is 3.58. The lowest BCUT2D eigenvalue weighted by Gasteiger charge is -2.36. The smallest absolute Gasteiger partial charge is 0.243 e. The molecule has 10 nitrogen and oxygen atoms in total. The largest absolute Gasteiger partial charge is 0.391 e. The molecule has 0 saturated carbocycles. The number of fused-ring (bicyclic) bond motifs is 1. The number of nitrogens with one attached hydrogen (secondary N) is 2. The van der Waals surface area contributed by atoms with E-state index in [1.165, 1.54) is 0 Å².